The summed E-state index contributed by atoms with van der Waals surface area (Å²) in [5.41, 5.74) is 15.8. The largest absolute Gasteiger partial charge is 0.497 e. The Bertz CT molecular complexity index is 1590. The second-order valence-corrected chi connectivity index (χ2v) is 11.9. The van der Waals surface area contributed by atoms with Gasteiger partial charge in [-0.3, -0.25) is 15.5 Å². The first-order chi connectivity index (χ1) is 22.1. The lowest BCUT2D eigenvalue weighted by Gasteiger charge is -2.40. The molecule has 0 bridgehead atoms. The molecule has 45 heavy (non-hydrogen) atoms. The van der Waals surface area contributed by atoms with Gasteiger partial charge in [-0.05, 0) is 42.7 Å². The number of morpholine rings is 1. The van der Waals surface area contributed by atoms with Crippen molar-refractivity contribution in [2.24, 2.45) is 21.6 Å². The summed E-state index contributed by atoms with van der Waals surface area (Å²) in [7, 11) is 3.36. The van der Waals surface area contributed by atoms with Crippen molar-refractivity contribution in [3.05, 3.63) is 71.6 Å². The number of H-pyrrole nitrogens is 1. The van der Waals surface area contributed by atoms with Crippen LogP contribution >= 0.6 is 0 Å². The lowest BCUT2D eigenvalue weighted by molar-refractivity contribution is 0.122. The number of fused-ring (bicyclic) bond motifs is 1. The van der Waals surface area contributed by atoms with Crippen LogP contribution in [0, 0.1) is 5.92 Å². The number of nitrogens with one attached hydrogen (secondary N) is 3. The van der Waals surface area contributed by atoms with Crippen molar-refractivity contribution >= 4 is 28.9 Å². The summed E-state index contributed by atoms with van der Waals surface area (Å²) in [5.74, 6) is 2.87. The number of aromatic amines is 1. The van der Waals surface area contributed by atoms with Gasteiger partial charge in [0.25, 0.3) is 0 Å². The van der Waals surface area contributed by atoms with Gasteiger partial charge in [-0.25, -0.2) is 4.99 Å². The van der Waals surface area contributed by atoms with Gasteiger partial charge in [0.15, 0.2) is 5.84 Å². The first-order valence-corrected chi connectivity index (χ1v) is 15.7. The summed E-state index contributed by atoms with van der Waals surface area (Å²) in [6.45, 7) is 3.68. The van der Waals surface area contributed by atoms with Crippen LogP contribution in [-0.4, -0.2) is 73.2 Å². The quantitative estimate of drug-likeness (QED) is 0.297. The molecule has 2 aromatic carbocycles. The van der Waals surface area contributed by atoms with Crippen molar-refractivity contribution in [2.75, 3.05) is 50.7 Å². The van der Waals surface area contributed by atoms with E-state index in [1.54, 1.807) is 14.2 Å². The molecule has 5 N–H and O–H groups in total. The Hall–Kier alpha value is -4.55. The molecule has 3 aromatic rings. The number of nitrogens with two attached hydrogens (primary N) is 1. The monoisotopic (exact) mass is 611 g/mol. The Kier molecular flexibility index (Phi) is 8.07. The summed E-state index contributed by atoms with van der Waals surface area (Å²) < 4.78 is 16.8. The Balaban J connectivity index is 1.28. The van der Waals surface area contributed by atoms with Crippen LogP contribution in [0.5, 0.6) is 11.5 Å². The van der Waals surface area contributed by atoms with Crippen molar-refractivity contribution < 1.29 is 14.2 Å². The number of hydrogen-bond donors (Lipinski definition) is 4. The first-order valence-electron chi connectivity index (χ1n) is 15.7. The molecule has 236 valence electrons. The van der Waals surface area contributed by atoms with E-state index < -0.39 is 5.66 Å². The second-order valence-electron chi connectivity index (χ2n) is 11.9. The minimum Gasteiger partial charge on any atom is -0.497 e. The van der Waals surface area contributed by atoms with Crippen LogP contribution in [0.2, 0.25) is 0 Å². The molecule has 1 atom stereocenters. The van der Waals surface area contributed by atoms with Gasteiger partial charge in [0.2, 0.25) is 5.96 Å². The molecule has 0 amide bonds. The highest BCUT2D eigenvalue weighted by molar-refractivity contribution is 6.17. The number of ether oxygens (including phenoxy) is 3. The summed E-state index contributed by atoms with van der Waals surface area (Å²) in [5, 5.41) is 12.7. The van der Waals surface area contributed by atoms with E-state index >= 15 is 0 Å². The van der Waals surface area contributed by atoms with E-state index in [-0.39, 0.29) is 5.92 Å². The van der Waals surface area contributed by atoms with Crippen LogP contribution in [-0.2, 0) is 11.3 Å². The average Bonchev–Trinajstić information content (AvgIpc) is 3.75. The Morgan fingerprint density at radius 1 is 1.04 bits per heavy atom. The number of methoxy groups -OCH3 is 2. The molecule has 1 saturated heterocycles. The minimum atomic E-state index is -1.00. The van der Waals surface area contributed by atoms with Gasteiger partial charge in [0.1, 0.15) is 17.2 Å². The van der Waals surface area contributed by atoms with Crippen LogP contribution in [0.25, 0.3) is 5.70 Å². The zero-order valence-electron chi connectivity index (χ0n) is 25.9. The number of benzene rings is 2. The van der Waals surface area contributed by atoms with E-state index in [1.165, 1.54) is 6.42 Å². The predicted octanol–water partition coefficient (Wildman–Crippen LogP) is 4.11. The summed E-state index contributed by atoms with van der Waals surface area (Å²) in [6, 6.07) is 14.2. The van der Waals surface area contributed by atoms with E-state index in [0.717, 1.165) is 84.1 Å². The van der Waals surface area contributed by atoms with Crippen LogP contribution in [0.1, 0.15) is 43.2 Å². The van der Waals surface area contributed by atoms with Crippen LogP contribution in [0.15, 0.2) is 70.4 Å². The number of hydrogen-bond acceptors (Lipinski definition) is 11. The molecule has 4 heterocycles. The number of rotatable bonds is 8. The van der Waals surface area contributed by atoms with Crippen molar-refractivity contribution in [1.29, 1.82) is 0 Å². The highest BCUT2D eigenvalue weighted by atomic mass is 16.5. The Morgan fingerprint density at radius 2 is 1.84 bits per heavy atom. The number of amidine groups is 1. The van der Waals surface area contributed by atoms with Crippen LogP contribution in [0.3, 0.4) is 0 Å². The number of aromatic nitrogens is 2. The molecule has 12 heteroatoms. The Labute approximate surface area is 263 Å². The van der Waals surface area contributed by atoms with Gasteiger partial charge >= 0.3 is 0 Å². The average molecular weight is 612 g/mol. The minimum absolute atomic E-state index is 0.152. The zero-order chi connectivity index (χ0) is 30.8. The van der Waals surface area contributed by atoms with E-state index in [2.05, 4.69) is 55.1 Å². The maximum atomic E-state index is 7.52. The van der Waals surface area contributed by atoms with Gasteiger partial charge in [0.05, 0.1) is 57.1 Å². The fourth-order valence-electron chi connectivity index (χ4n) is 6.78. The van der Waals surface area contributed by atoms with Gasteiger partial charge in [-0.1, -0.05) is 31.4 Å². The van der Waals surface area contributed by atoms with Gasteiger partial charge in [0, 0.05) is 42.5 Å². The zero-order valence-corrected chi connectivity index (χ0v) is 25.9. The summed E-state index contributed by atoms with van der Waals surface area (Å²) >= 11 is 0. The molecule has 0 radical (unpaired) electrons. The standard InChI is InChI=1S/C33H41N9O3/c1-43-26-11-8-22(9-12-26)21-42-31-29(30(40-42)23-19-35-36-20-23)33(34,24-6-4-3-5-7-24)39-32(38-31)37-27-13-10-25(18-28(27)44-2)41-14-16-45-17-15-41/h8-13,18-20,24,40H,3-7,14-17,21,34H2,1-2H3,(H,35,36)(H,37,39). The lowest BCUT2D eigenvalue weighted by Crippen LogP contribution is -2.54. The third kappa shape index (κ3) is 5.71. The molecule has 7 rings (SSSR count). The van der Waals surface area contributed by atoms with E-state index in [0.29, 0.717) is 31.5 Å². The second kappa shape index (κ2) is 12.4. The van der Waals surface area contributed by atoms with Crippen molar-refractivity contribution in [3.63, 3.8) is 0 Å². The van der Waals surface area contributed by atoms with Gasteiger partial charge in [-0.2, -0.15) is 10.1 Å². The number of aliphatic imine (C=N–C) groups is 2. The third-order valence-corrected chi connectivity index (χ3v) is 9.20. The van der Waals surface area contributed by atoms with Crippen molar-refractivity contribution in [2.45, 2.75) is 44.3 Å². The maximum Gasteiger partial charge on any atom is 0.226 e. The molecule has 1 saturated carbocycles. The number of anilines is 2. The summed E-state index contributed by atoms with van der Waals surface area (Å²) in [6.07, 6.45) is 9.15. The predicted molar refractivity (Wildman–Crippen MR) is 175 cm³/mol. The molecule has 4 aliphatic rings. The number of hydrazine groups is 1. The van der Waals surface area contributed by atoms with E-state index in [4.69, 9.17) is 29.9 Å². The fourth-order valence-corrected chi connectivity index (χ4v) is 6.78. The fraction of sp³-hybridized carbons (Fsp3) is 0.424. The van der Waals surface area contributed by atoms with Gasteiger partial charge in [-0.15, -0.1) is 0 Å². The normalized spacial score (nSPS) is 22.0. The Morgan fingerprint density at radius 3 is 2.56 bits per heavy atom. The third-order valence-electron chi connectivity index (χ3n) is 9.20. The molecular formula is C33H41N9O3. The molecule has 1 aliphatic carbocycles. The highest BCUT2D eigenvalue weighted by Gasteiger charge is 2.49. The lowest BCUT2D eigenvalue weighted by atomic mass is 9.75. The maximum absolute atomic E-state index is 7.52. The highest BCUT2D eigenvalue weighted by Crippen LogP contribution is 2.44. The van der Waals surface area contributed by atoms with Crippen LogP contribution < -0.4 is 30.8 Å². The molecule has 1 unspecified atom stereocenters. The number of guanidine groups is 1. The SMILES string of the molecule is COc1ccc(CN2NC(c3cn[nH]c3)=C3C2=NC(Nc2ccc(N4CCOCC4)cc2OC)=NC3(N)C2CCCCC2)cc1. The van der Waals surface area contributed by atoms with Gasteiger partial charge < -0.3 is 30.2 Å². The number of nitrogens with zero attached hydrogens (tertiary/aromatic N) is 5. The van der Waals surface area contributed by atoms with Crippen LogP contribution in [0.4, 0.5) is 11.4 Å². The molecule has 3 aliphatic heterocycles. The van der Waals surface area contributed by atoms with Crippen molar-refractivity contribution in [1.82, 2.24) is 20.6 Å². The topological polar surface area (TPSA) is 138 Å². The smallest absolute Gasteiger partial charge is 0.226 e. The summed E-state index contributed by atoms with van der Waals surface area (Å²) in [4.78, 5) is 12.7. The molecule has 12 nitrogen and oxygen atoms in total. The van der Waals surface area contributed by atoms with E-state index in [1.807, 2.05) is 30.6 Å². The first kappa shape index (κ1) is 29.2. The molecular weight excluding hydrogens is 570 g/mol. The van der Waals surface area contributed by atoms with Crippen molar-refractivity contribution in [3.8, 4) is 11.5 Å². The molecule has 0 spiro atoms. The molecule has 2 fully saturated rings. The van der Waals surface area contributed by atoms with E-state index in [9.17, 15) is 0 Å². The molecule has 1 aromatic heterocycles.